The number of benzene rings is 2. The molecule has 1 heterocycles. The van der Waals surface area contributed by atoms with Crippen LogP contribution in [-0.2, 0) is 21.4 Å². The van der Waals surface area contributed by atoms with Gasteiger partial charge in [0.15, 0.2) is 0 Å². The first-order valence-corrected chi connectivity index (χ1v) is 11.2. The summed E-state index contributed by atoms with van der Waals surface area (Å²) < 4.78 is 29.8. The summed E-state index contributed by atoms with van der Waals surface area (Å²) in [5.41, 5.74) is 2.24. The number of nitrogens with one attached hydrogen (secondary N) is 1. The van der Waals surface area contributed by atoms with Crippen molar-refractivity contribution < 1.29 is 13.2 Å². The third kappa shape index (κ3) is 5.27. The highest BCUT2D eigenvalue weighted by Crippen LogP contribution is 2.26. The van der Waals surface area contributed by atoms with Crippen LogP contribution in [0.2, 0.25) is 0 Å². The average Bonchev–Trinajstić information content (AvgIpc) is 3.24. The monoisotopic (exact) mass is 426 g/mol. The molecule has 0 aliphatic rings. The Balaban J connectivity index is 1.75. The summed E-state index contributed by atoms with van der Waals surface area (Å²) in [6.45, 7) is 4.61. The van der Waals surface area contributed by atoms with E-state index in [0.717, 1.165) is 24.1 Å². The largest absolute Gasteiger partial charge is 0.354 e. The first-order chi connectivity index (χ1) is 14.4. The van der Waals surface area contributed by atoms with E-state index in [1.54, 1.807) is 48.9 Å². The first kappa shape index (κ1) is 21.6. The number of rotatable bonds is 9. The zero-order valence-electron chi connectivity index (χ0n) is 17.2. The van der Waals surface area contributed by atoms with Gasteiger partial charge in [0.05, 0.1) is 16.9 Å². The Bertz CT molecular complexity index is 1080. The molecule has 0 saturated carbocycles. The van der Waals surface area contributed by atoms with Gasteiger partial charge in [-0.1, -0.05) is 35.9 Å². The van der Waals surface area contributed by atoms with Crippen LogP contribution in [0.25, 0.3) is 0 Å². The molecule has 2 aromatic carbocycles. The van der Waals surface area contributed by atoms with Crippen molar-refractivity contribution in [2.24, 2.45) is 0 Å². The van der Waals surface area contributed by atoms with E-state index in [1.165, 1.54) is 4.31 Å². The number of hydrogen-bond acceptors (Lipinski definition) is 4. The number of carbonyl (C=O) groups is 1. The number of nitrogens with zero attached hydrogens (tertiary/aromatic N) is 3. The van der Waals surface area contributed by atoms with Crippen LogP contribution in [0.15, 0.2) is 72.1 Å². The van der Waals surface area contributed by atoms with Crippen LogP contribution in [0, 0.1) is 13.8 Å². The number of aryl methyl sites for hydroxylation is 3. The fourth-order valence-electron chi connectivity index (χ4n) is 3.08. The number of amides is 1. The van der Waals surface area contributed by atoms with Gasteiger partial charge in [-0.2, -0.15) is 0 Å². The topological polar surface area (TPSA) is 84.3 Å². The second kappa shape index (κ2) is 9.58. The van der Waals surface area contributed by atoms with Gasteiger partial charge in [0.2, 0.25) is 5.91 Å². The SMILES string of the molecule is Cc1ccc(S(=O)(=O)N(CC(=O)NCCCn2ccnc2)c2ccccc2C)cc1. The van der Waals surface area contributed by atoms with Crippen LogP contribution in [-0.4, -0.2) is 37.0 Å². The molecule has 0 atom stereocenters. The molecule has 1 aromatic heterocycles. The quantitative estimate of drug-likeness (QED) is 0.533. The van der Waals surface area contributed by atoms with Gasteiger partial charge in [-0.25, -0.2) is 13.4 Å². The van der Waals surface area contributed by atoms with Gasteiger partial charge in [-0.15, -0.1) is 0 Å². The van der Waals surface area contributed by atoms with Crippen LogP contribution in [0.5, 0.6) is 0 Å². The van der Waals surface area contributed by atoms with E-state index >= 15 is 0 Å². The number of aromatic nitrogens is 2. The van der Waals surface area contributed by atoms with Crippen molar-refractivity contribution in [1.29, 1.82) is 0 Å². The summed E-state index contributed by atoms with van der Waals surface area (Å²) in [5.74, 6) is -0.348. The smallest absolute Gasteiger partial charge is 0.264 e. The lowest BCUT2D eigenvalue weighted by atomic mass is 10.2. The predicted octanol–water partition coefficient (Wildman–Crippen LogP) is 2.90. The predicted molar refractivity (Wildman–Crippen MR) is 117 cm³/mol. The van der Waals surface area contributed by atoms with Crippen LogP contribution < -0.4 is 9.62 Å². The Morgan fingerprint density at radius 2 is 1.83 bits per heavy atom. The zero-order chi connectivity index (χ0) is 21.6. The summed E-state index contributed by atoms with van der Waals surface area (Å²) in [6, 6.07) is 13.8. The maximum Gasteiger partial charge on any atom is 0.264 e. The maximum absolute atomic E-state index is 13.4. The van der Waals surface area contributed by atoms with Crippen LogP contribution in [0.3, 0.4) is 0 Å². The third-order valence-corrected chi connectivity index (χ3v) is 6.53. The number of para-hydroxylation sites is 1. The molecule has 0 unspecified atom stereocenters. The molecule has 0 saturated heterocycles. The van der Waals surface area contributed by atoms with E-state index in [-0.39, 0.29) is 17.3 Å². The van der Waals surface area contributed by atoms with Crippen molar-refractivity contribution in [2.75, 3.05) is 17.4 Å². The molecule has 30 heavy (non-hydrogen) atoms. The molecule has 0 aliphatic carbocycles. The lowest BCUT2D eigenvalue weighted by Crippen LogP contribution is -2.41. The lowest BCUT2D eigenvalue weighted by Gasteiger charge is -2.25. The Morgan fingerprint density at radius 3 is 2.50 bits per heavy atom. The Morgan fingerprint density at radius 1 is 1.10 bits per heavy atom. The molecular formula is C22H26N4O3S. The number of sulfonamides is 1. The Labute approximate surface area is 177 Å². The molecule has 0 radical (unpaired) electrons. The summed E-state index contributed by atoms with van der Waals surface area (Å²) in [4.78, 5) is 16.7. The van der Waals surface area contributed by atoms with Crippen molar-refractivity contribution in [3.8, 4) is 0 Å². The molecule has 7 nitrogen and oxygen atoms in total. The van der Waals surface area contributed by atoms with Crippen molar-refractivity contribution in [1.82, 2.24) is 14.9 Å². The highest BCUT2D eigenvalue weighted by atomic mass is 32.2. The van der Waals surface area contributed by atoms with Crippen molar-refractivity contribution in [3.05, 3.63) is 78.4 Å². The van der Waals surface area contributed by atoms with Gasteiger partial charge in [0.1, 0.15) is 6.54 Å². The normalized spacial score (nSPS) is 11.3. The van der Waals surface area contributed by atoms with Crippen LogP contribution >= 0.6 is 0 Å². The van der Waals surface area contributed by atoms with E-state index in [1.807, 2.05) is 36.7 Å². The lowest BCUT2D eigenvalue weighted by molar-refractivity contribution is -0.119. The van der Waals surface area contributed by atoms with E-state index in [0.29, 0.717) is 12.2 Å². The van der Waals surface area contributed by atoms with Gasteiger partial charge in [-0.05, 0) is 44.0 Å². The third-order valence-electron chi connectivity index (χ3n) is 4.75. The molecule has 0 fully saturated rings. The van der Waals surface area contributed by atoms with Crippen molar-refractivity contribution in [2.45, 2.75) is 31.7 Å². The van der Waals surface area contributed by atoms with Gasteiger partial charge in [0, 0.05) is 25.5 Å². The molecule has 3 aromatic rings. The first-order valence-electron chi connectivity index (χ1n) is 9.75. The van der Waals surface area contributed by atoms with E-state index in [9.17, 15) is 13.2 Å². The standard InChI is InChI=1S/C22H26N4O3S/c1-18-8-10-20(11-9-18)30(28,29)26(21-7-4-3-6-19(21)2)16-22(27)24-12-5-14-25-15-13-23-17-25/h3-4,6-11,13,15,17H,5,12,14,16H2,1-2H3,(H,24,27). The van der Waals surface area contributed by atoms with Crippen molar-refractivity contribution in [3.63, 3.8) is 0 Å². The second-order valence-electron chi connectivity index (χ2n) is 7.12. The summed E-state index contributed by atoms with van der Waals surface area (Å²) in [5, 5.41) is 2.82. The number of imidazole rings is 1. The molecule has 0 spiro atoms. The summed E-state index contributed by atoms with van der Waals surface area (Å²) in [6.07, 6.45) is 6.00. The minimum atomic E-state index is -3.89. The van der Waals surface area contributed by atoms with E-state index < -0.39 is 10.0 Å². The fourth-order valence-corrected chi connectivity index (χ4v) is 4.56. The summed E-state index contributed by atoms with van der Waals surface area (Å²) in [7, 11) is -3.89. The average molecular weight is 427 g/mol. The molecule has 8 heteroatoms. The molecule has 158 valence electrons. The van der Waals surface area contributed by atoms with Gasteiger partial charge >= 0.3 is 0 Å². The Hall–Kier alpha value is -3.13. The highest BCUT2D eigenvalue weighted by molar-refractivity contribution is 7.92. The summed E-state index contributed by atoms with van der Waals surface area (Å²) >= 11 is 0. The van der Waals surface area contributed by atoms with Crippen LogP contribution in [0.4, 0.5) is 5.69 Å². The van der Waals surface area contributed by atoms with Crippen LogP contribution in [0.1, 0.15) is 17.5 Å². The minimum absolute atomic E-state index is 0.157. The molecule has 0 aliphatic heterocycles. The highest BCUT2D eigenvalue weighted by Gasteiger charge is 2.28. The molecule has 3 rings (SSSR count). The molecular weight excluding hydrogens is 400 g/mol. The maximum atomic E-state index is 13.4. The minimum Gasteiger partial charge on any atom is -0.354 e. The van der Waals surface area contributed by atoms with Crippen molar-refractivity contribution >= 4 is 21.6 Å². The van der Waals surface area contributed by atoms with Gasteiger partial charge < -0.3 is 9.88 Å². The number of hydrogen-bond donors (Lipinski definition) is 1. The van der Waals surface area contributed by atoms with E-state index in [2.05, 4.69) is 10.3 Å². The molecule has 0 bridgehead atoms. The van der Waals surface area contributed by atoms with E-state index in [4.69, 9.17) is 0 Å². The molecule has 1 N–H and O–H groups in total. The Kier molecular flexibility index (Phi) is 6.89. The number of anilines is 1. The second-order valence-corrected chi connectivity index (χ2v) is 8.98. The van der Waals surface area contributed by atoms with Gasteiger partial charge in [0.25, 0.3) is 10.0 Å². The van der Waals surface area contributed by atoms with Gasteiger partial charge in [-0.3, -0.25) is 9.10 Å². The fraction of sp³-hybridized carbons (Fsp3) is 0.273. The number of carbonyl (C=O) groups excluding carboxylic acids is 1. The molecule has 1 amide bonds. The zero-order valence-corrected chi connectivity index (χ0v) is 18.0.